The van der Waals surface area contributed by atoms with E-state index in [1.807, 2.05) is 19.0 Å². The molecule has 3 nitrogen and oxygen atoms in total. The van der Waals surface area contributed by atoms with Crippen molar-refractivity contribution in [3.63, 3.8) is 0 Å². The van der Waals surface area contributed by atoms with Gasteiger partial charge in [0.15, 0.2) is 0 Å². The van der Waals surface area contributed by atoms with Gasteiger partial charge in [-0.15, -0.1) is 0 Å². The Hall–Kier alpha value is -0.830. The molecule has 0 aliphatic rings. The van der Waals surface area contributed by atoms with Gasteiger partial charge >= 0.3 is 0 Å². The molecule has 0 aromatic carbocycles. The lowest BCUT2D eigenvalue weighted by Crippen LogP contribution is -2.10. The van der Waals surface area contributed by atoms with E-state index in [9.17, 15) is 4.79 Å². The zero-order valence-electron chi connectivity index (χ0n) is 5.70. The highest BCUT2D eigenvalue weighted by Gasteiger charge is 1.79. The van der Waals surface area contributed by atoms with E-state index in [1.165, 1.54) is 6.26 Å². The Morgan fingerprint density at radius 1 is 1.56 bits per heavy atom. The predicted molar refractivity (Wildman–Crippen MR) is 34.8 cm³/mol. The molecule has 0 heterocycles. The SMILES string of the molecule is CN(C)CC=COC=O. The van der Waals surface area contributed by atoms with Crippen LogP contribution in [0.1, 0.15) is 0 Å². The van der Waals surface area contributed by atoms with E-state index in [0.29, 0.717) is 6.47 Å². The van der Waals surface area contributed by atoms with E-state index < -0.39 is 0 Å². The summed E-state index contributed by atoms with van der Waals surface area (Å²) < 4.78 is 4.30. The Bertz CT molecular complexity index is 99.2. The van der Waals surface area contributed by atoms with Crippen molar-refractivity contribution in [1.82, 2.24) is 4.90 Å². The second-order valence-electron chi connectivity index (χ2n) is 1.87. The minimum atomic E-state index is 0.395. The van der Waals surface area contributed by atoms with Crippen LogP contribution in [0, 0.1) is 0 Å². The van der Waals surface area contributed by atoms with Gasteiger partial charge in [0, 0.05) is 6.54 Å². The molecule has 0 aliphatic heterocycles. The third-order valence-corrected chi connectivity index (χ3v) is 0.701. The number of carbonyl (C=O) groups is 1. The quantitative estimate of drug-likeness (QED) is 0.402. The highest BCUT2D eigenvalue weighted by Crippen LogP contribution is 1.76. The highest BCUT2D eigenvalue weighted by atomic mass is 16.5. The molecule has 3 heteroatoms. The lowest BCUT2D eigenvalue weighted by Gasteiger charge is -2.02. The van der Waals surface area contributed by atoms with Crippen LogP contribution in [-0.4, -0.2) is 32.0 Å². The number of carbonyl (C=O) groups excluding carboxylic acids is 1. The molecule has 0 saturated carbocycles. The molecular weight excluding hydrogens is 118 g/mol. The molecule has 9 heavy (non-hydrogen) atoms. The Kier molecular flexibility index (Phi) is 4.82. The molecule has 0 spiro atoms. The molecular formula is C6H11NO2. The van der Waals surface area contributed by atoms with Crippen LogP contribution in [0.15, 0.2) is 12.3 Å². The third kappa shape index (κ3) is 7.17. The number of nitrogens with zero attached hydrogens (tertiary/aromatic N) is 1. The van der Waals surface area contributed by atoms with Crippen LogP contribution in [0.2, 0.25) is 0 Å². The zero-order chi connectivity index (χ0) is 7.11. The summed E-state index contributed by atoms with van der Waals surface area (Å²) in [4.78, 5) is 11.5. The average Bonchev–Trinajstić information content (AvgIpc) is 1.80. The minimum absolute atomic E-state index is 0.395. The molecule has 0 unspecified atom stereocenters. The van der Waals surface area contributed by atoms with Gasteiger partial charge in [-0.25, -0.2) is 0 Å². The van der Waals surface area contributed by atoms with Gasteiger partial charge in [0.2, 0.25) is 0 Å². The summed E-state index contributed by atoms with van der Waals surface area (Å²) in [5, 5.41) is 0. The second kappa shape index (κ2) is 5.31. The second-order valence-corrected chi connectivity index (χ2v) is 1.87. The fourth-order valence-corrected chi connectivity index (χ4v) is 0.341. The smallest absolute Gasteiger partial charge is 0.297 e. The first-order chi connectivity index (χ1) is 4.27. The van der Waals surface area contributed by atoms with Crippen molar-refractivity contribution in [1.29, 1.82) is 0 Å². The molecule has 0 aliphatic carbocycles. The summed E-state index contributed by atoms with van der Waals surface area (Å²) in [5.74, 6) is 0. The first-order valence-corrected chi connectivity index (χ1v) is 2.66. The largest absolute Gasteiger partial charge is 0.437 e. The Balaban J connectivity index is 3.14. The van der Waals surface area contributed by atoms with Crippen molar-refractivity contribution in [2.45, 2.75) is 0 Å². The van der Waals surface area contributed by atoms with Crippen molar-refractivity contribution < 1.29 is 9.53 Å². The van der Waals surface area contributed by atoms with Crippen LogP contribution >= 0.6 is 0 Å². The molecule has 52 valence electrons. The van der Waals surface area contributed by atoms with E-state index in [4.69, 9.17) is 0 Å². The van der Waals surface area contributed by atoms with E-state index in [2.05, 4.69) is 4.74 Å². The fourth-order valence-electron chi connectivity index (χ4n) is 0.341. The van der Waals surface area contributed by atoms with Crippen LogP contribution in [0.5, 0.6) is 0 Å². The van der Waals surface area contributed by atoms with Gasteiger partial charge in [0.1, 0.15) is 0 Å². The summed E-state index contributed by atoms with van der Waals surface area (Å²) in [5.41, 5.74) is 0. The van der Waals surface area contributed by atoms with Crippen molar-refractivity contribution >= 4 is 6.47 Å². The third-order valence-electron chi connectivity index (χ3n) is 0.701. The normalized spacial score (nSPS) is 10.6. The standard InChI is InChI=1S/C6H11NO2/c1-7(2)4-3-5-9-6-8/h3,5-6H,4H2,1-2H3. The van der Waals surface area contributed by atoms with Crippen molar-refractivity contribution in [3.05, 3.63) is 12.3 Å². The molecule has 0 saturated heterocycles. The molecule has 0 atom stereocenters. The Morgan fingerprint density at radius 2 is 2.22 bits per heavy atom. The van der Waals surface area contributed by atoms with Crippen molar-refractivity contribution in [2.24, 2.45) is 0 Å². The first-order valence-electron chi connectivity index (χ1n) is 2.66. The molecule has 0 fully saturated rings. The van der Waals surface area contributed by atoms with Crippen molar-refractivity contribution in [2.75, 3.05) is 20.6 Å². The van der Waals surface area contributed by atoms with Gasteiger partial charge in [-0.05, 0) is 20.2 Å². The van der Waals surface area contributed by atoms with Crippen LogP contribution < -0.4 is 0 Å². The van der Waals surface area contributed by atoms with Crippen LogP contribution in [0.4, 0.5) is 0 Å². The molecule has 0 rings (SSSR count). The van der Waals surface area contributed by atoms with Crippen LogP contribution in [0.25, 0.3) is 0 Å². The number of hydrogen-bond acceptors (Lipinski definition) is 3. The van der Waals surface area contributed by atoms with Gasteiger partial charge in [-0.3, -0.25) is 4.79 Å². The molecule has 0 aromatic heterocycles. The van der Waals surface area contributed by atoms with E-state index in [0.717, 1.165) is 6.54 Å². The van der Waals surface area contributed by atoms with Crippen molar-refractivity contribution in [3.8, 4) is 0 Å². The molecule has 0 bridgehead atoms. The van der Waals surface area contributed by atoms with Gasteiger partial charge < -0.3 is 9.64 Å². The fraction of sp³-hybridized carbons (Fsp3) is 0.500. The van der Waals surface area contributed by atoms with Gasteiger partial charge in [-0.1, -0.05) is 0 Å². The highest BCUT2D eigenvalue weighted by molar-refractivity contribution is 5.38. The molecule has 0 amide bonds. The Morgan fingerprint density at radius 3 is 2.67 bits per heavy atom. The molecule has 0 radical (unpaired) electrons. The number of rotatable bonds is 4. The maximum atomic E-state index is 9.56. The number of likely N-dealkylation sites (N-methyl/N-ethyl adjacent to an activating group) is 1. The number of hydrogen-bond donors (Lipinski definition) is 0. The molecule has 0 aromatic rings. The van der Waals surface area contributed by atoms with Gasteiger partial charge in [0.25, 0.3) is 6.47 Å². The topological polar surface area (TPSA) is 29.5 Å². The van der Waals surface area contributed by atoms with Crippen LogP contribution in [-0.2, 0) is 9.53 Å². The van der Waals surface area contributed by atoms with E-state index >= 15 is 0 Å². The monoisotopic (exact) mass is 129 g/mol. The number of ether oxygens (including phenoxy) is 1. The predicted octanol–water partition coefficient (Wildman–Crippen LogP) is 0.235. The van der Waals surface area contributed by atoms with Gasteiger partial charge in [-0.2, -0.15) is 0 Å². The molecule has 0 N–H and O–H groups in total. The first kappa shape index (κ1) is 8.17. The van der Waals surface area contributed by atoms with Gasteiger partial charge in [0.05, 0.1) is 6.26 Å². The lowest BCUT2D eigenvalue weighted by atomic mass is 10.6. The average molecular weight is 129 g/mol. The summed E-state index contributed by atoms with van der Waals surface area (Å²) in [7, 11) is 3.87. The van der Waals surface area contributed by atoms with E-state index in [1.54, 1.807) is 6.08 Å². The minimum Gasteiger partial charge on any atom is -0.437 e. The maximum Gasteiger partial charge on any atom is 0.297 e. The van der Waals surface area contributed by atoms with E-state index in [-0.39, 0.29) is 0 Å². The summed E-state index contributed by atoms with van der Waals surface area (Å²) in [6.07, 6.45) is 3.13. The summed E-state index contributed by atoms with van der Waals surface area (Å²) >= 11 is 0. The maximum absolute atomic E-state index is 9.56. The summed E-state index contributed by atoms with van der Waals surface area (Å²) in [6.45, 7) is 1.18. The zero-order valence-corrected chi connectivity index (χ0v) is 5.70. The Labute approximate surface area is 54.9 Å². The summed E-state index contributed by atoms with van der Waals surface area (Å²) in [6, 6.07) is 0. The lowest BCUT2D eigenvalue weighted by molar-refractivity contribution is -0.123. The van der Waals surface area contributed by atoms with Crippen LogP contribution in [0.3, 0.4) is 0 Å².